The molecule has 32 heavy (non-hydrogen) atoms. The van der Waals surface area contributed by atoms with Crippen molar-refractivity contribution in [3.05, 3.63) is 64.9 Å². The molecule has 3 rings (SSSR count). The normalized spacial score (nSPS) is 13.8. The maximum Gasteiger partial charge on any atom is 0.335 e. The second kappa shape index (κ2) is 9.78. The summed E-state index contributed by atoms with van der Waals surface area (Å²) in [6, 6.07) is 13.1. The van der Waals surface area contributed by atoms with Crippen LogP contribution in [-0.4, -0.2) is 28.9 Å². The van der Waals surface area contributed by atoms with Gasteiger partial charge < -0.3 is 19.4 Å². The van der Waals surface area contributed by atoms with E-state index in [9.17, 15) is 15.0 Å². The zero-order chi connectivity index (χ0) is 23.5. The third kappa shape index (κ3) is 5.71. The first-order chi connectivity index (χ1) is 15.1. The number of aromatic carboxylic acids is 1. The van der Waals surface area contributed by atoms with Crippen LogP contribution < -0.4 is 4.74 Å². The fourth-order valence-electron chi connectivity index (χ4n) is 3.73. The summed E-state index contributed by atoms with van der Waals surface area (Å²) < 4.78 is 11.9. The van der Waals surface area contributed by atoms with E-state index in [0.717, 1.165) is 47.3 Å². The molecular formula is C27H34O5. The molecule has 0 bridgehead atoms. The van der Waals surface area contributed by atoms with Gasteiger partial charge in [-0.2, -0.15) is 0 Å². The lowest BCUT2D eigenvalue weighted by Crippen LogP contribution is -2.32. The molecule has 172 valence electrons. The van der Waals surface area contributed by atoms with Gasteiger partial charge in [0.15, 0.2) is 0 Å². The molecule has 0 spiro atoms. The van der Waals surface area contributed by atoms with Crippen molar-refractivity contribution in [1.82, 2.24) is 0 Å². The minimum absolute atomic E-state index is 0.213. The third-order valence-corrected chi connectivity index (χ3v) is 6.09. The van der Waals surface area contributed by atoms with Crippen molar-refractivity contribution in [2.75, 3.05) is 6.61 Å². The Hall–Kier alpha value is -2.79. The molecule has 0 saturated carbocycles. The molecule has 2 N–H and O–H groups in total. The van der Waals surface area contributed by atoms with Gasteiger partial charge >= 0.3 is 5.97 Å². The van der Waals surface area contributed by atoms with Crippen molar-refractivity contribution < 1.29 is 24.2 Å². The molecule has 0 aliphatic heterocycles. The molecule has 3 aromatic rings. The van der Waals surface area contributed by atoms with Crippen LogP contribution in [0.2, 0.25) is 0 Å². The number of furan rings is 1. The second-order valence-corrected chi connectivity index (χ2v) is 9.64. The Labute approximate surface area is 190 Å². The summed E-state index contributed by atoms with van der Waals surface area (Å²) in [6.45, 7) is 10.4. The van der Waals surface area contributed by atoms with E-state index in [-0.39, 0.29) is 23.5 Å². The number of aliphatic hydroxyl groups is 1. The highest BCUT2D eigenvalue weighted by molar-refractivity contribution is 5.93. The number of aryl methyl sites for hydroxylation is 2. The minimum Gasteiger partial charge on any atom is -0.491 e. The molecule has 0 aliphatic carbocycles. The van der Waals surface area contributed by atoms with Gasteiger partial charge in [-0.3, -0.25) is 0 Å². The largest absolute Gasteiger partial charge is 0.491 e. The molecule has 0 radical (unpaired) electrons. The Bertz CT molecular complexity index is 1070. The number of benzene rings is 2. The topological polar surface area (TPSA) is 79.9 Å². The highest BCUT2D eigenvalue weighted by Gasteiger charge is 2.23. The molecule has 0 saturated heterocycles. The highest BCUT2D eigenvalue weighted by atomic mass is 16.5. The third-order valence-electron chi connectivity index (χ3n) is 6.09. The van der Waals surface area contributed by atoms with E-state index in [4.69, 9.17) is 9.15 Å². The lowest BCUT2D eigenvalue weighted by atomic mass is 9.90. The van der Waals surface area contributed by atoms with Crippen LogP contribution in [0, 0.1) is 12.3 Å². The van der Waals surface area contributed by atoms with Gasteiger partial charge in [0.25, 0.3) is 0 Å². The monoisotopic (exact) mass is 438 g/mol. The van der Waals surface area contributed by atoms with Crippen molar-refractivity contribution >= 4 is 16.9 Å². The number of aliphatic hydroxyl groups excluding tert-OH is 1. The van der Waals surface area contributed by atoms with E-state index in [0.29, 0.717) is 0 Å². The van der Waals surface area contributed by atoms with E-state index in [1.54, 1.807) is 18.2 Å². The van der Waals surface area contributed by atoms with Gasteiger partial charge in [-0.25, -0.2) is 4.79 Å². The quantitative estimate of drug-likeness (QED) is 0.407. The zero-order valence-electron chi connectivity index (χ0n) is 19.6. The van der Waals surface area contributed by atoms with Crippen LogP contribution in [0.25, 0.3) is 11.0 Å². The van der Waals surface area contributed by atoms with Gasteiger partial charge in [0.1, 0.15) is 23.7 Å². The predicted octanol–water partition coefficient (Wildman–Crippen LogP) is 6.35. The van der Waals surface area contributed by atoms with Gasteiger partial charge in [-0.1, -0.05) is 39.8 Å². The SMILES string of the molecule is CCC(CCc1ccc(OCC(O)C(C)(C)C)c(C)c1)c1cc2cc(C(=O)O)ccc2o1. The summed E-state index contributed by atoms with van der Waals surface area (Å²) in [5, 5.41) is 20.2. The van der Waals surface area contributed by atoms with Crippen molar-refractivity contribution in [3.8, 4) is 5.75 Å². The second-order valence-electron chi connectivity index (χ2n) is 9.64. The van der Waals surface area contributed by atoms with Crippen LogP contribution in [0.1, 0.15) is 73.7 Å². The fourth-order valence-corrected chi connectivity index (χ4v) is 3.73. The van der Waals surface area contributed by atoms with Gasteiger partial charge in [0.2, 0.25) is 0 Å². The average Bonchev–Trinajstić information content (AvgIpc) is 3.15. The summed E-state index contributed by atoms with van der Waals surface area (Å²) in [6.07, 6.45) is 2.25. The maximum atomic E-state index is 11.2. The Morgan fingerprint density at radius 3 is 2.50 bits per heavy atom. The molecule has 2 unspecified atom stereocenters. The summed E-state index contributed by atoms with van der Waals surface area (Å²) >= 11 is 0. The molecule has 0 aliphatic rings. The molecule has 2 aromatic carbocycles. The van der Waals surface area contributed by atoms with Crippen molar-refractivity contribution in [2.45, 2.75) is 65.9 Å². The van der Waals surface area contributed by atoms with Crippen LogP contribution in [0.3, 0.4) is 0 Å². The van der Waals surface area contributed by atoms with Crippen molar-refractivity contribution in [1.29, 1.82) is 0 Å². The standard InChI is InChI=1S/C27H34O5/c1-6-19(24-15-21-14-20(26(29)30)10-12-23(21)32-24)9-7-18-8-11-22(17(2)13-18)31-16-25(28)27(3,4)5/h8,10-15,19,25,28H,6-7,9,16H2,1-5H3,(H,29,30). The molecule has 5 heteroatoms. The molecule has 0 fully saturated rings. The first kappa shape index (κ1) is 23.9. The number of fused-ring (bicyclic) bond motifs is 1. The lowest BCUT2D eigenvalue weighted by Gasteiger charge is -2.26. The van der Waals surface area contributed by atoms with E-state index in [1.165, 1.54) is 5.56 Å². The van der Waals surface area contributed by atoms with Gasteiger partial charge in [-0.05, 0) is 73.1 Å². The zero-order valence-corrected chi connectivity index (χ0v) is 19.6. The molecule has 5 nitrogen and oxygen atoms in total. The van der Waals surface area contributed by atoms with E-state index in [2.05, 4.69) is 19.1 Å². The van der Waals surface area contributed by atoms with Gasteiger partial charge in [0, 0.05) is 11.3 Å². The Balaban J connectivity index is 1.65. The number of carbonyl (C=O) groups is 1. The first-order valence-electron chi connectivity index (χ1n) is 11.3. The summed E-state index contributed by atoms with van der Waals surface area (Å²) in [4.78, 5) is 11.2. The number of carboxylic acids is 1. The van der Waals surface area contributed by atoms with E-state index in [1.807, 2.05) is 39.8 Å². The lowest BCUT2D eigenvalue weighted by molar-refractivity contribution is 0.0216. The van der Waals surface area contributed by atoms with Crippen LogP contribution >= 0.6 is 0 Å². The maximum absolute atomic E-state index is 11.2. The number of ether oxygens (including phenoxy) is 1. The van der Waals surface area contributed by atoms with E-state index < -0.39 is 12.1 Å². The summed E-state index contributed by atoms with van der Waals surface area (Å²) in [5.41, 5.74) is 3.06. The predicted molar refractivity (Wildman–Crippen MR) is 127 cm³/mol. The van der Waals surface area contributed by atoms with Crippen molar-refractivity contribution in [2.24, 2.45) is 5.41 Å². The summed E-state index contributed by atoms with van der Waals surface area (Å²) in [5.74, 6) is 1.03. The first-order valence-corrected chi connectivity index (χ1v) is 11.3. The molecule has 0 amide bonds. The minimum atomic E-state index is -0.933. The van der Waals surface area contributed by atoms with Crippen LogP contribution in [0.15, 0.2) is 46.9 Å². The molecular weight excluding hydrogens is 404 g/mol. The number of hydrogen-bond donors (Lipinski definition) is 2. The number of rotatable bonds is 9. The van der Waals surface area contributed by atoms with Crippen LogP contribution in [0.5, 0.6) is 5.75 Å². The molecule has 2 atom stereocenters. The molecule has 1 aromatic heterocycles. The van der Waals surface area contributed by atoms with E-state index >= 15 is 0 Å². The fraction of sp³-hybridized carbons (Fsp3) is 0.444. The Morgan fingerprint density at radius 1 is 1.12 bits per heavy atom. The average molecular weight is 439 g/mol. The van der Waals surface area contributed by atoms with Gasteiger partial charge in [-0.15, -0.1) is 0 Å². The molecule has 1 heterocycles. The van der Waals surface area contributed by atoms with Crippen molar-refractivity contribution in [3.63, 3.8) is 0 Å². The smallest absolute Gasteiger partial charge is 0.335 e. The Morgan fingerprint density at radius 2 is 1.88 bits per heavy atom. The van der Waals surface area contributed by atoms with Crippen LogP contribution in [0.4, 0.5) is 0 Å². The van der Waals surface area contributed by atoms with Crippen LogP contribution in [-0.2, 0) is 6.42 Å². The summed E-state index contributed by atoms with van der Waals surface area (Å²) in [7, 11) is 0. The van der Waals surface area contributed by atoms with Gasteiger partial charge in [0.05, 0.1) is 11.7 Å². The Kier molecular flexibility index (Phi) is 7.29. The highest BCUT2D eigenvalue weighted by Crippen LogP contribution is 2.32. The number of carboxylic acid groups (broad SMARTS) is 1. The number of hydrogen-bond acceptors (Lipinski definition) is 4.